The summed E-state index contributed by atoms with van der Waals surface area (Å²) in [5, 5.41) is 10.1. The number of piperidine rings is 1. The van der Waals surface area contributed by atoms with Gasteiger partial charge in [0, 0.05) is 19.3 Å². The Kier molecular flexibility index (Phi) is 3.97. The van der Waals surface area contributed by atoms with Crippen LogP contribution in [0.25, 0.3) is 0 Å². The summed E-state index contributed by atoms with van der Waals surface area (Å²) in [4.78, 5) is 17.2. The van der Waals surface area contributed by atoms with E-state index in [-0.39, 0.29) is 5.92 Å². The fourth-order valence-electron chi connectivity index (χ4n) is 2.34. The molecule has 1 fully saturated rings. The number of hydrogen-bond donors (Lipinski definition) is 1. The molecular formula is C12H14Cl2N2O2. The predicted octanol–water partition coefficient (Wildman–Crippen LogP) is 2.94. The number of carboxylic acid groups (broad SMARTS) is 1. The van der Waals surface area contributed by atoms with E-state index in [0.29, 0.717) is 34.7 Å². The summed E-state index contributed by atoms with van der Waals surface area (Å²) >= 11 is 11.9. The Morgan fingerprint density at radius 3 is 2.83 bits per heavy atom. The second-order valence-electron chi connectivity index (χ2n) is 4.74. The monoisotopic (exact) mass is 288 g/mol. The van der Waals surface area contributed by atoms with Crippen LogP contribution in [0.3, 0.4) is 0 Å². The summed E-state index contributed by atoms with van der Waals surface area (Å²) in [5.74, 6) is -0.230. The van der Waals surface area contributed by atoms with Gasteiger partial charge in [-0.05, 0) is 18.4 Å². The Morgan fingerprint density at radius 1 is 1.50 bits per heavy atom. The molecule has 0 spiro atoms. The number of rotatable bonds is 2. The minimum absolute atomic E-state index is 0.299. The number of pyridine rings is 1. The smallest absolute Gasteiger partial charge is 0.308 e. The summed E-state index contributed by atoms with van der Waals surface area (Å²) in [7, 11) is 0. The Balaban J connectivity index is 2.24. The van der Waals surface area contributed by atoms with Crippen LogP contribution in [0.2, 0.25) is 10.0 Å². The summed E-state index contributed by atoms with van der Waals surface area (Å²) in [6, 6.07) is 1.63. The number of aromatic nitrogens is 1. The molecule has 0 aromatic carbocycles. The van der Waals surface area contributed by atoms with Crippen molar-refractivity contribution in [1.29, 1.82) is 0 Å². The van der Waals surface area contributed by atoms with Crippen LogP contribution < -0.4 is 4.90 Å². The zero-order valence-corrected chi connectivity index (χ0v) is 11.4. The lowest BCUT2D eigenvalue weighted by molar-refractivity contribution is -0.142. The van der Waals surface area contributed by atoms with Crippen LogP contribution >= 0.6 is 23.2 Å². The number of aliphatic carboxylic acids is 1. The molecule has 2 rings (SSSR count). The highest BCUT2D eigenvalue weighted by Gasteiger charge is 2.30. The number of halogens is 2. The van der Waals surface area contributed by atoms with Crippen LogP contribution in [-0.2, 0) is 4.79 Å². The maximum absolute atomic E-state index is 11.1. The van der Waals surface area contributed by atoms with Gasteiger partial charge in [0.2, 0.25) is 0 Å². The lowest BCUT2D eigenvalue weighted by atomic mass is 9.90. The third-order valence-corrected chi connectivity index (χ3v) is 3.58. The van der Waals surface area contributed by atoms with Gasteiger partial charge in [0.25, 0.3) is 0 Å². The van der Waals surface area contributed by atoms with Gasteiger partial charge in [0.05, 0.1) is 16.0 Å². The third-order valence-electron chi connectivity index (χ3n) is 3.10. The average molecular weight is 289 g/mol. The van der Waals surface area contributed by atoms with Gasteiger partial charge in [-0.2, -0.15) is 0 Å². The van der Waals surface area contributed by atoms with E-state index < -0.39 is 5.97 Å². The number of carbonyl (C=O) groups is 1. The molecule has 0 aliphatic carbocycles. The van der Waals surface area contributed by atoms with E-state index >= 15 is 0 Å². The molecular weight excluding hydrogens is 275 g/mol. The molecule has 1 N–H and O–H groups in total. The molecule has 2 atom stereocenters. The van der Waals surface area contributed by atoms with Crippen LogP contribution in [0.4, 0.5) is 5.82 Å². The quantitative estimate of drug-likeness (QED) is 0.909. The van der Waals surface area contributed by atoms with Crippen molar-refractivity contribution in [3.05, 3.63) is 22.3 Å². The van der Waals surface area contributed by atoms with Gasteiger partial charge in [-0.15, -0.1) is 0 Å². The zero-order valence-electron chi connectivity index (χ0n) is 9.94. The molecule has 0 bridgehead atoms. The maximum Gasteiger partial charge on any atom is 0.308 e. The number of carboxylic acids is 1. The molecule has 1 aromatic heterocycles. The van der Waals surface area contributed by atoms with E-state index in [4.69, 9.17) is 28.3 Å². The van der Waals surface area contributed by atoms with Crippen LogP contribution in [-0.4, -0.2) is 29.1 Å². The fourth-order valence-corrected chi connectivity index (χ4v) is 2.84. The molecule has 2 unspecified atom stereocenters. The van der Waals surface area contributed by atoms with Crippen LogP contribution in [0, 0.1) is 11.8 Å². The molecule has 0 saturated carbocycles. The molecule has 1 aromatic rings. The second kappa shape index (κ2) is 5.33. The minimum atomic E-state index is -0.767. The normalized spacial score (nSPS) is 24.1. The molecule has 1 aliphatic rings. The van der Waals surface area contributed by atoms with Crippen LogP contribution in [0.15, 0.2) is 12.3 Å². The minimum Gasteiger partial charge on any atom is -0.481 e. The van der Waals surface area contributed by atoms with Crippen molar-refractivity contribution in [2.45, 2.75) is 13.3 Å². The molecule has 0 amide bonds. The van der Waals surface area contributed by atoms with Gasteiger partial charge in [0.15, 0.2) is 0 Å². The predicted molar refractivity (Wildman–Crippen MR) is 71.4 cm³/mol. The molecule has 4 nitrogen and oxygen atoms in total. The van der Waals surface area contributed by atoms with E-state index in [1.807, 2.05) is 11.8 Å². The first-order valence-electron chi connectivity index (χ1n) is 5.76. The lowest BCUT2D eigenvalue weighted by Crippen LogP contribution is -2.43. The van der Waals surface area contributed by atoms with Gasteiger partial charge in [-0.3, -0.25) is 4.79 Å². The SMILES string of the molecule is CC1CC(C(=O)O)CN(c2ncc(Cl)cc2Cl)C1. The molecule has 1 aliphatic heterocycles. The number of anilines is 1. The summed E-state index contributed by atoms with van der Waals surface area (Å²) in [5.41, 5.74) is 0. The highest BCUT2D eigenvalue weighted by atomic mass is 35.5. The molecule has 1 saturated heterocycles. The largest absolute Gasteiger partial charge is 0.481 e. The number of hydrogen-bond acceptors (Lipinski definition) is 3. The molecule has 98 valence electrons. The van der Waals surface area contributed by atoms with Crippen molar-refractivity contribution >= 4 is 35.0 Å². The first-order chi connectivity index (χ1) is 8.47. The highest BCUT2D eigenvalue weighted by molar-refractivity contribution is 6.36. The average Bonchev–Trinajstić information content (AvgIpc) is 2.27. The first kappa shape index (κ1) is 13.4. The van der Waals surface area contributed by atoms with Crippen molar-refractivity contribution < 1.29 is 9.90 Å². The van der Waals surface area contributed by atoms with Crippen LogP contribution in [0.5, 0.6) is 0 Å². The molecule has 18 heavy (non-hydrogen) atoms. The summed E-state index contributed by atoms with van der Waals surface area (Å²) in [6.45, 7) is 3.23. The van der Waals surface area contributed by atoms with Crippen molar-refractivity contribution in [2.24, 2.45) is 11.8 Å². The molecule has 2 heterocycles. The van der Waals surface area contributed by atoms with Crippen LogP contribution in [0.1, 0.15) is 13.3 Å². The highest BCUT2D eigenvalue weighted by Crippen LogP contribution is 2.31. The number of nitrogens with zero attached hydrogens (tertiary/aromatic N) is 2. The van der Waals surface area contributed by atoms with E-state index in [9.17, 15) is 4.79 Å². The Hall–Kier alpha value is -1.000. The lowest BCUT2D eigenvalue weighted by Gasteiger charge is -2.35. The van der Waals surface area contributed by atoms with Crippen molar-refractivity contribution in [3.63, 3.8) is 0 Å². The van der Waals surface area contributed by atoms with Crippen molar-refractivity contribution in [3.8, 4) is 0 Å². The van der Waals surface area contributed by atoms with E-state index in [1.165, 1.54) is 6.20 Å². The topological polar surface area (TPSA) is 53.4 Å². The van der Waals surface area contributed by atoms with E-state index in [0.717, 1.165) is 6.54 Å². The Morgan fingerprint density at radius 2 is 2.22 bits per heavy atom. The standard InChI is InChI=1S/C12H14Cl2N2O2/c1-7-2-8(12(17)18)6-16(5-7)11-10(14)3-9(13)4-15-11/h3-4,7-8H,2,5-6H2,1H3,(H,17,18). The van der Waals surface area contributed by atoms with Crippen molar-refractivity contribution in [1.82, 2.24) is 4.98 Å². The van der Waals surface area contributed by atoms with E-state index in [2.05, 4.69) is 4.98 Å². The molecule has 6 heteroatoms. The van der Waals surface area contributed by atoms with Gasteiger partial charge in [0.1, 0.15) is 5.82 Å². The zero-order chi connectivity index (χ0) is 13.3. The van der Waals surface area contributed by atoms with Gasteiger partial charge in [-0.25, -0.2) is 4.98 Å². The van der Waals surface area contributed by atoms with Gasteiger partial charge < -0.3 is 10.0 Å². The van der Waals surface area contributed by atoms with Gasteiger partial charge >= 0.3 is 5.97 Å². The van der Waals surface area contributed by atoms with E-state index in [1.54, 1.807) is 6.07 Å². The Bertz CT molecular complexity index is 467. The first-order valence-corrected chi connectivity index (χ1v) is 6.51. The Labute approximate surface area is 116 Å². The summed E-state index contributed by atoms with van der Waals surface area (Å²) < 4.78 is 0. The third kappa shape index (κ3) is 2.87. The van der Waals surface area contributed by atoms with Crippen molar-refractivity contribution in [2.75, 3.05) is 18.0 Å². The summed E-state index contributed by atoms with van der Waals surface area (Å²) in [6.07, 6.45) is 2.22. The molecule has 0 radical (unpaired) electrons. The van der Waals surface area contributed by atoms with Gasteiger partial charge in [-0.1, -0.05) is 30.1 Å². The fraction of sp³-hybridized carbons (Fsp3) is 0.500. The second-order valence-corrected chi connectivity index (χ2v) is 5.58. The maximum atomic E-state index is 11.1.